The van der Waals surface area contributed by atoms with E-state index in [1.165, 1.54) is 32.1 Å². The number of hydrogen-bond acceptors (Lipinski definition) is 3. The zero-order valence-corrected chi connectivity index (χ0v) is 15.3. The number of ether oxygens (including phenoxy) is 1. The number of amides is 2. The molecule has 1 heterocycles. The molecule has 2 aliphatic rings. The third kappa shape index (κ3) is 5.76. The molecule has 0 aromatic rings. The van der Waals surface area contributed by atoms with Gasteiger partial charge in [0.15, 0.2) is 0 Å². The summed E-state index contributed by atoms with van der Waals surface area (Å²) in [5.74, 6) is 0.532. The van der Waals surface area contributed by atoms with Crippen LogP contribution in [0.3, 0.4) is 0 Å². The van der Waals surface area contributed by atoms with Crippen LogP contribution in [0.15, 0.2) is 0 Å². The van der Waals surface area contributed by atoms with E-state index in [0.29, 0.717) is 19.1 Å². The van der Waals surface area contributed by atoms with Crippen molar-refractivity contribution in [3.63, 3.8) is 0 Å². The van der Waals surface area contributed by atoms with Gasteiger partial charge in [0.05, 0.1) is 0 Å². The summed E-state index contributed by atoms with van der Waals surface area (Å²) in [5, 5.41) is 6.11. The number of carbonyl (C=O) groups is 2. The minimum atomic E-state index is -0.469. The fraction of sp³-hybridized carbons (Fsp3) is 0.895. The summed E-state index contributed by atoms with van der Waals surface area (Å²) in [5.41, 5.74) is 0. The monoisotopic (exact) mass is 338 g/mol. The maximum absolute atomic E-state index is 12.5. The fourth-order valence-corrected chi connectivity index (χ4v) is 3.94. The quantitative estimate of drug-likeness (QED) is 0.750. The molecule has 5 nitrogen and oxygen atoms in total. The molecule has 0 aromatic carbocycles. The molecule has 1 saturated carbocycles. The van der Waals surface area contributed by atoms with Crippen molar-refractivity contribution in [3.8, 4) is 0 Å². The lowest BCUT2D eigenvalue weighted by molar-refractivity contribution is -0.133. The highest BCUT2D eigenvalue weighted by Crippen LogP contribution is 2.28. The van der Waals surface area contributed by atoms with E-state index >= 15 is 0 Å². The van der Waals surface area contributed by atoms with Crippen LogP contribution in [0, 0.1) is 11.8 Å². The third-order valence-corrected chi connectivity index (χ3v) is 5.49. The first-order valence-corrected chi connectivity index (χ1v) is 9.80. The number of rotatable bonds is 7. The van der Waals surface area contributed by atoms with Gasteiger partial charge in [-0.05, 0) is 44.9 Å². The van der Waals surface area contributed by atoms with Crippen molar-refractivity contribution < 1.29 is 14.3 Å². The molecular weight excluding hydrogens is 304 g/mol. The Morgan fingerprint density at radius 2 is 1.71 bits per heavy atom. The van der Waals surface area contributed by atoms with Crippen molar-refractivity contribution in [2.45, 2.75) is 83.7 Å². The highest BCUT2D eigenvalue weighted by molar-refractivity contribution is 5.88. The van der Waals surface area contributed by atoms with Crippen molar-refractivity contribution in [3.05, 3.63) is 0 Å². The van der Waals surface area contributed by atoms with Gasteiger partial charge in [0.2, 0.25) is 11.8 Å². The summed E-state index contributed by atoms with van der Waals surface area (Å²) in [6.45, 7) is 5.23. The maximum atomic E-state index is 12.5. The average Bonchev–Trinajstić information content (AvgIpc) is 2.62. The lowest BCUT2D eigenvalue weighted by Crippen LogP contribution is -2.51. The first kappa shape index (κ1) is 19.2. The van der Waals surface area contributed by atoms with E-state index in [4.69, 9.17) is 4.74 Å². The van der Waals surface area contributed by atoms with Gasteiger partial charge >= 0.3 is 0 Å². The molecule has 0 aromatic heterocycles. The second kappa shape index (κ2) is 10.0. The van der Waals surface area contributed by atoms with Gasteiger partial charge in [0.1, 0.15) is 6.04 Å². The van der Waals surface area contributed by atoms with Crippen LogP contribution in [0.2, 0.25) is 0 Å². The molecule has 2 fully saturated rings. The van der Waals surface area contributed by atoms with Crippen LogP contribution in [0.4, 0.5) is 0 Å². The van der Waals surface area contributed by atoms with Crippen LogP contribution < -0.4 is 10.6 Å². The van der Waals surface area contributed by atoms with E-state index in [1.54, 1.807) is 6.92 Å². The highest BCUT2D eigenvalue weighted by Gasteiger charge is 2.28. The summed E-state index contributed by atoms with van der Waals surface area (Å²) >= 11 is 0. The molecule has 2 rings (SSSR count). The predicted molar refractivity (Wildman–Crippen MR) is 94.6 cm³/mol. The minimum Gasteiger partial charge on any atom is -0.381 e. The number of hydrogen-bond donors (Lipinski definition) is 2. The van der Waals surface area contributed by atoms with Gasteiger partial charge in [-0.15, -0.1) is 0 Å². The maximum Gasteiger partial charge on any atom is 0.242 e. The summed E-state index contributed by atoms with van der Waals surface area (Å²) in [6, 6.07) is -0.214. The van der Waals surface area contributed by atoms with Crippen LogP contribution in [-0.4, -0.2) is 37.1 Å². The third-order valence-electron chi connectivity index (χ3n) is 5.49. The highest BCUT2D eigenvalue weighted by atomic mass is 16.5. The number of carbonyl (C=O) groups excluding carboxylic acids is 2. The molecular formula is C19H34N2O3. The predicted octanol–water partition coefficient (Wildman–Crippen LogP) is 2.78. The van der Waals surface area contributed by atoms with Crippen molar-refractivity contribution in [2.24, 2.45) is 11.8 Å². The van der Waals surface area contributed by atoms with E-state index in [2.05, 4.69) is 17.6 Å². The molecule has 2 unspecified atom stereocenters. The van der Waals surface area contributed by atoms with Crippen molar-refractivity contribution >= 4 is 11.8 Å². The Morgan fingerprint density at radius 1 is 1.04 bits per heavy atom. The number of nitrogens with one attached hydrogen (secondary N) is 2. The summed E-state index contributed by atoms with van der Waals surface area (Å²) in [6.07, 6.45) is 9.90. The van der Waals surface area contributed by atoms with Gasteiger partial charge < -0.3 is 15.4 Å². The molecule has 2 amide bonds. The molecule has 0 bridgehead atoms. The first-order valence-electron chi connectivity index (χ1n) is 9.80. The van der Waals surface area contributed by atoms with Crippen LogP contribution in [0.25, 0.3) is 0 Å². The van der Waals surface area contributed by atoms with E-state index in [-0.39, 0.29) is 23.8 Å². The van der Waals surface area contributed by atoms with Crippen LogP contribution >= 0.6 is 0 Å². The Hall–Kier alpha value is -1.10. The average molecular weight is 338 g/mol. The van der Waals surface area contributed by atoms with Gasteiger partial charge in [-0.25, -0.2) is 0 Å². The van der Waals surface area contributed by atoms with E-state index in [1.807, 2.05) is 0 Å². The Morgan fingerprint density at radius 3 is 2.33 bits per heavy atom. The molecule has 0 spiro atoms. The van der Waals surface area contributed by atoms with E-state index < -0.39 is 6.04 Å². The van der Waals surface area contributed by atoms with Gasteiger partial charge in [-0.1, -0.05) is 32.6 Å². The Labute approximate surface area is 146 Å². The molecule has 1 aliphatic heterocycles. The fourth-order valence-electron chi connectivity index (χ4n) is 3.94. The molecule has 2 N–H and O–H groups in total. The molecule has 1 aliphatic carbocycles. The van der Waals surface area contributed by atoms with Crippen molar-refractivity contribution in [2.75, 3.05) is 13.2 Å². The molecule has 24 heavy (non-hydrogen) atoms. The zero-order chi connectivity index (χ0) is 17.4. The van der Waals surface area contributed by atoms with Crippen LogP contribution in [-0.2, 0) is 14.3 Å². The standard InChI is InChI=1S/C19H34N2O3/c1-3-7-17(15-8-5-4-6-9-15)21-18(22)14(2)20-19(23)16-10-12-24-13-11-16/h14-17H,3-13H2,1-2H3,(H,20,23)(H,21,22). The first-order chi connectivity index (χ1) is 11.6. The molecule has 1 saturated heterocycles. The Kier molecular flexibility index (Phi) is 8.03. The van der Waals surface area contributed by atoms with Crippen molar-refractivity contribution in [1.29, 1.82) is 0 Å². The van der Waals surface area contributed by atoms with Crippen molar-refractivity contribution in [1.82, 2.24) is 10.6 Å². The molecule has 0 radical (unpaired) electrons. The molecule has 5 heteroatoms. The lowest BCUT2D eigenvalue weighted by Gasteiger charge is -2.32. The van der Waals surface area contributed by atoms with Gasteiger partial charge in [0.25, 0.3) is 0 Å². The van der Waals surface area contributed by atoms with Crippen LogP contribution in [0.5, 0.6) is 0 Å². The molecule has 2 atom stereocenters. The second-order valence-corrected chi connectivity index (χ2v) is 7.42. The second-order valence-electron chi connectivity index (χ2n) is 7.42. The summed E-state index contributed by atoms with van der Waals surface area (Å²) in [4.78, 5) is 24.8. The SMILES string of the molecule is CCCC(NC(=O)C(C)NC(=O)C1CCOCC1)C1CCCCC1. The van der Waals surface area contributed by atoms with E-state index in [0.717, 1.165) is 25.7 Å². The van der Waals surface area contributed by atoms with Gasteiger partial charge in [-0.2, -0.15) is 0 Å². The Balaban J connectivity index is 1.82. The zero-order valence-electron chi connectivity index (χ0n) is 15.3. The smallest absolute Gasteiger partial charge is 0.242 e. The topological polar surface area (TPSA) is 67.4 Å². The lowest BCUT2D eigenvalue weighted by atomic mass is 9.82. The van der Waals surface area contributed by atoms with Gasteiger partial charge in [0, 0.05) is 25.2 Å². The van der Waals surface area contributed by atoms with Crippen LogP contribution in [0.1, 0.15) is 71.6 Å². The van der Waals surface area contributed by atoms with Gasteiger partial charge in [-0.3, -0.25) is 9.59 Å². The summed E-state index contributed by atoms with van der Waals surface area (Å²) < 4.78 is 5.29. The Bertz CT molecular complexity index is 401. The van der Waals surface area contributed by atoms with E-state index in [9.17, 15) is 9.59 Å². The summed E-state index contributed by atoms with van der Waals surface area (Å²) in [7, 11) is 0. The minimum absolute atomic E-state index is 0.00865. The molecule has 138 valence electrons. The largest absolute Gasteiger partial charge is 0.381 e. The normalized spacial score (nSPS) is 22.6.